The van der Waals surface area contributed by atoms with Crippen LogP contribution < -0.4 is 5.32 Å². The summed E-state index contributed by atoms with van der Waals surface area (Å²) in [5.41, 5.74) is 3.36. The summed E-state index contributed by atoms with van der Waals surface area (Å²) in [7, 11) is 0. The summed E-state index contributed by atoms with van der Waals surface area (Å²) in [4.78, 5) is 8.16. The highest BCUT2D eigenvalue weighted by Gasteiger charge is 2.42. The fraction of sp³-hybridized carbons (Fsp3) is 0.500. The smallest absolute Gasteiger partial charge is 0.0794 e. The highest BCUT2D eigenvalue weighted by molar-refractivity contribution is 7.09. The fourth-order valence-electron chi connectivity index (χ4n) is 4.14. The van der Waals surface area contributed by atoms with E-state index in [0.717, 1.165) is 24.9 Å². The van der Waals surface area contributed by atoms with Crippen LogP contribution >= 0.6 is 11.3 Å². The zero-order valence-electron chi connectivity index (χ0n) is 12.8. The van der Waals surface area contributed by atoms with Gasteiger partial charge < -0.3 is 5.32 Å². The normalized spacial score (nSPS) is 28.1. The Kier molecular flexibility index (Phi) is 4.24. The standard InChI is InChI=1S/C18H23N3S/c1-2-4-14(5-3-1)10-21-11-15-6-7-18(17(15)12-21)20-9-16-8-19-13-22-16/h1-5,8,13,15,17-18,20H,6-7,9-12H2/t15-,17+,18+/m0/s1. The van der Waals surface area contributed by atoms with Gasteiger partial charge in [-0.25, -0.2) is 0 Å². The van der Waals surface area contributed by atoms with Gasteiger partial charge in [0.05, 0.1) is 5.51 Å². The molecule has 0 spiro atoms. The highest BCUT2D eigenvalue weighted by atomic mass is 32.1. The molecule has 4 rings (SSSR count). The molecule has 0 radical (unpaired) electrons. The third-order valence-electron chi connectivity index (χ3n) is 5.20. The van der Waals surface area contributed by atoms with Gasteiger partial charge in [-0.15, -0.1) is 11.3 Å². The first-order chi connectivity index (χ1) is 10.9. The number of hydrogen-bond donors (Lipinski definition) is 1. The van der Waals surface area contributed by atoms with E-state index in [2.05, 4.69) is 45.5 Å². The maximum absolute atomic E-state index is 4.16. The molecule has 1 aliphatic heterocycles. The van der Waals surface area contributed by atoms with E-state index in [1.54, 1.807) is 11.3 Å². The number of nitrogens with one attached hydrogen (secondary N) is 1. The number of nitrogens with zero attached hydrogens (tertiary/aromatic N) is 2. The van der Waals surface area contributed by atoms with Crippen LogP contribution in [-0.2, 0) is 13.1 Å². The molecule has 2 heterocycles. The molecule has 1 saturated heterocycles. The van der Waals surface area contributed by atoms with Crippen molar-refractivity contribution in [2.24, 2.45) is 11.8 Å². The molecule has 1 aromatic carbocycles. The van der Waals surface area contributed by atoms with Crippen molar-refractivity contribution >= 4 is 11.3 Å². The number of aromatic nitrogens is 1. The van der Waals surface area contributed by atoms with Crippen molar-refractivity contribution in [2.45, 2.75) is 32.0 Å². The molecule has 2 fully saturated rings. The molecule has 116 valence electrons. The first-order valence-corrected chi connectivity index (χ1v) is 9.13. The number of benzene rings is 1. The monoisotopic (exact) mass is 313 g/mol. The van der Waals surface area contributed by atoms with Crippen LogP contribution in [0.1, 0.15) is 23.3 Å². The van der Waals surface area contributed by atoms with E-state index in [1.807, 2.05) is 11.7 Å². The topological polar surface area (TPSA) is 28.2 Å². The van der Waals surface area contributed by atoms with E-state index in [0.29, 0.717) is 6.04 Å². The summed E-state index contributed by atoms with van der Waals surface area (Å²) in [5, 5.41) is 3.78. The molecule has 4 heteroatoms. The van der Waals surface area contributed by atoms with Crippen LogP contribution in [0.5, 0.6) is 0 Å². The first kappa shape index (κ1) is 14.4. The van der Waals surface area contributed by atoms with E-state index in [9.17, 15) is 0 Å². The van der Waals surface area contributed by atoms with Crippen molar-refractivity contribution in [2.75, 3.05) is 13.1 Å². The number of fused-ring (bicyclic) bond motifs is 1. The van der Waals surface area contributed by atoms with Gasteiger partial charge in [0, 0.05) is 43.3 Å². The number of hydrogen-bond acceptors (Lipinski definition) is 4. The predicted octanol–water partition coefficient (Wildman–Crippen LogP) is 3.14. The van der Waals surface area contributed by atoms with E-state index in [4.69, 9.17) is 0 Å². The number of rotatable bonds is 5. The lowest BCUT2D eigenvalue weighted by Gasteiger charge is -2.21. The summed E-state index contributed by atoms with van der Waals surface area (Å²) >= 11 is 1.75. The lowest BCUT2D eigenvalue weighted by Crippen LogP contribution is -2.35. The molecule has 1 saturated carbocycles. The van der Waals surface area contributed by atoms with E-state index < -0.39 is 0 Å². The summed E-state index contributed by atoms with van der Waals surface area (Å²) in [5.74, 6) is 1.72. The Morgan fingerprint density at radius 1 is 1.18 bits per heavy atom. The van der Waals surface area contributed by atoms with Gasteiger partial charge in [-0.2, -0.15) is 0 Å². The predicted molar refractivity (Wildman–Crippen MR) is 90.7 cm³/mol. The molecule has 0 amide bonds. The Morgan fingerprint density at radius 3 is 2.91 bits per heavy atom. The van der Waals surface area contributed by atoms with Gasteiger partial charge in [-0.1, -0.05) is 30.3 Å². The quantitative estimate of drug-likeness (QED) is 0.919. The van der Waals surface area contributed by atoms with E-state index in [1.165, 1.54) is 36.4 Å². The second-order valence-corrected chi connectivity index (χ2v) is 7.61. The van der Waals surface area contributed by atoms with Crippen LogP contribution in [0.2, 0.25) is 0 Å². The average molecular weight is 313 g/mol. The van der Waals surface area contributed by atoms with Crippen LogP contribution in [0.25, 0.3) is 0 Å². The van der Waals surface area contributed by atoms with Gasteiger partial charge in [0.25, 0.3) is 0 Å². The molecular weight excluding hydrogens is 290 g/mol. The minimum Gasteiger partial charge on any atom is -0.309 e. The van der Waals surface area contributed by atoms with Crippen molar-refractivity contribution in [3.63, 3.8) is 0 Å². The third kappa shape index (κ3) is 3.09. The molecule has 3 atom stereocenters. The average Bonchev–Trinajstić information content (AvgIpc) is 3.24. The maximum Gasteiger partial charge on any atom is 0.0794 e. The lowest BCUT2D eigenvalue weighted by atomic mass is 9.98. The molecular formula is C18H23N3S. The second kappa shape index (κ2) is 6.49. The Morgan fingerprint density at radius 2 is 2.09 bits per heavy atom. The minimum absolute atomic E-state index is 0.688. The van der Waals surface area contributed by atoms with Crippen LogP contribution in [0.15, 0.2) is 42.0 Å². The van der Waals surface area contributed by atoms with E-state index in [-0.39, 0.29) is 0 Å². The molecule has 3 nitrogen and oxygen atoms in total. The number of likely N-dealkylation sites (tertiary alicyclic amines) is 1. The molecule has 1 aromatic heterocycles. The Labute approximate surface area is 136 Å². The summed E-state index contributed by atoms with van der Waals surface area (Å²) in [6, 6.07) is 11.6. The van der Waals surface area contributed by atoms with Gasteiger partial charge in [0.2, 0.25) is 0 Å². The minimum atomic E-state index is 0.688. The molecule has 0 unspecified atom stereocenters. The molecule has 1 N–H and O–H groups in total. The molecule has 22 heavy (non-hydrogen) atoms. The Bertz CT molecular complexity index is 584. The zero-order valence-corrected chi connectivity index (χ0v) is 13.6. The molecule has 2 aromatic rings. The SMILES string of the molecule is c1ccc(CN2C[C@@H]3CC[C@@H](NCc4cncs4)[C@@H]3C2)cc1. The van der Waals surface area contributed by atoms with Crippen molar-refractivity contribution in [3.05, 3.63) is 52.5 Å². The molecule has 2 aliphatic rings. The van der Waals surface area contributed by atoms with Crippen molar-refractivity contribution in [1.29, 1.82) is 0 Å². The van der Waals surface area contributed by atoms with Gasteiger partial charge in [0.1, 0.15) is 0 Å². The first-order valence-electron chi connectivity index (χ1n) is 8.25. The Hall–Kier alpha value is -1.23. The number of thiazole rings is 1. The van der Waals surface area contributed by atoms with Crippen LogP contribution in [0, 0.1) is 11.8 Å². The van der Waals surface area contributed by atoms with Gasteiger partial charge >= 0.3 is 0 Å². The third-order valence-corrected chi connectivity index (χ3v) is 5.98. The maximum atomic E-state index is 4.16. The highest BCUT2D eigenvalue weighted by Crippen LogP contribution is 2.38. The van der Waals surface area contributed by atoms with Crippen molar-refractivity contribution < 1.29 is 0 Å². The summed E-state index contributed by atoms with van der Waals surface area (Å²) < 4.78 is 0. The summed E-state index contributed by atoms with van der Waals surface area (Å²) in [6.07, 6.45) is 4.71. The molecule has 0 bridgehead atoms. The van der Waals surface area contributed by atoms with Gasteiger partial charge in [0.15, 0.2) is 0 Å². The van der Waals surface area contributed by atoms with Crippen LogP contribution in [0.4, 0.5) is 0 Å². The Balaban J connectivity index is 1.33. The van der Waals surface area contributed by atoms with Crippen molar-refractivity contribution in [3.8, 4) is 0 Å². The second-order valence-electron chi connectivity index (χ2n) is 6.64. The van der Waals surface area contributed by atoms with E-state index >= 15 is 0 Å². The molecule has 1 aliphatic carbocycles. The van der Waals surface area contributed by atoms with Crippen molar-refractivity contribution in [1.82, 2.24) is 15.2 Å². The van der Waals surface area contributed by atoms with Gasteiger partial charge in [-0.05, 0) is 30.2 Å². The largest absolute Gasteiger partial charge is 0.309 e. The summed E-state index contributed by atoms with van der Waals surface area (Å²) in [6.45, 7) is 4.62. The zero-order chi connectivity index (χ0) is 14.8. The lowest BCUT2D eigenvalue weighted by molar-refractivity contribution is 0.289. The van der Waals surface area contributed by atoms with Crippen LogP contribution in [-0.4, -0.2) is 29.0 Å². The van der Waals surface area contributed by atoms with Gasteiger partial charge in [-0.3, -0.25) is 9.88 Å². The van der Waals surface area contributed by atoms with Crippen LogP contribution in [0.3, 0.4) is 0 Å². The fourth-order valence-corrected chi connectivity index (χ4v) is 4.69.